The predicted molar refractivity (Wildman–Crippen MR) is 76.7 cm³/mol. The summed E-state index contributed by atoms with van der Waals surface area (Å²) in [5.41, 5.74) is 1.46. The zero-order valence-corrected chi connectivity index (χ0v) is 11.7. The molecule has 2 fully saturated rings. The van der Waals surface area contributed by atoms with Crippen molar-refractivity contribution in [3.05, 3.63) is 33.9 Å². The number of hydrogen-bond donors (Lipinski definition) is 1. The number of nitriles is 1. The molecule has 1 saturated heterocycles. The summed E-state index contributed by atoms with van der Waals surface area (Å²) >= 11 is 0. The molecule has 1 aliphatic carbocycles. The van der Waals surface area contributed by atoms with Gasteiger partial charge in [-0.15, -0.1) is 0 Å². The van der Waals surface area contributed by atoms with E-state index >= 15 is 0 Å². The van der Waals surface area contributed by atoms with Crippen molar-refractivity contribution in [2.75, 3.05) is 6.54 Å². The first-order chi connectivity index (χ1) is 10.3. The van der Waals surface area contributed by atoms with Gasteiger partial charge in [-0.3, -0.25) is 14.8 Å². The van der Waals surface area contributed by atoms with Crippen LogP contribution < -0.4 is 5.56 Å². The van der Waals surface area contributed by atoms with Gasteiger partial charge in [0.2, 0.25) is 0 Å². The molecular formula is C15H17N5O. The maximum Gasteiger partial charge on any atom is 0.272 e. The van der Waals surface area contributed by atoms with Crippen LogP contribution in [0.15, 0.2) is 17.1 Å². The molecule has 2 aromatic heterocycles. The lowest BCUT2D eigenvalue weighted by Gasteiger charge is -2.22. The second kappa shape index (κ2) is 4.71. The first kappa shape index (κ1) is 12.6. The van der Waals surface area contributed by atoms with E-state index in [0.717, 1.165) is 18.2 Å². The third-order valence-corrected chi connectivity index (χ3v) is 4.91. The number of nitrogens with zero attached hydrogens (tertiary/aromatic N) is 4. The Hall–Kier alpha value is -2.13. The zero-order chi connectivity index (χ0) is 14.4. The van der Waals surface area contributed by atoms with E-state index in [2.05, 4.69) is 21.1 Å². The largest absolute Gasteiger partial charge is 0.295 e. The van der Waals surface area contributed by atoms with Gasteiger partial charge >= 0.3 is 0 Å². The second-order valence-electron chi connectivity index (χ2n) is 6.06. The zero-order valence-electron chi connectivity index (χ0n) is 11.7. The summed E-state index contributed by atoms with van der Waals surface area (Å²) in [6.07, 6.45) is 6.71. The number of hydrogen-bond acceptors (Lipinski definition) is 4. The highest BCUT2D eigenvalue weighted by molar-refractivity contribution is 5.53. The summed E-state index contributed by atoms with van der Waals surface area (Å²) in [6.45, 7) is 1.80. The Kier molecular flexibility index (Phi) is 2.82. The van der Waals surface area contributed by atoms with Gasteiger partial charge in [0, 0.05) is 24.8 Å². The van der Waals surface area contributed by atoms with Gasteiger partial charge in [0.05, 0.1) is 5.69 Å². The maximum absolute atomic E-state index is 12.1. The molecule has 1 N–H and O–H groups in total. The lowest BCUT2D eigenvalue weighted by atomic mass is 10.0. The monoisotopic (exact) mass is 283 g/mol. The van der Waals surface area contributed by atoms with Crippen molar-refractivity contribution < 1.29 is 0 Å². The molecule has 1 aliphatic heterocycles. The van der Waals surface area contributed by atoms with E-state index in [4.69, 9.17) is 5.26 Å². The molecule has 3 heterocycles. The molecule has 4 rings (SSSR count). The Labute approximate surface area is 122 Å². The molecule has 0 bridgehead atoms. The van der Waals surface area contributed by atoms with E-state index in [0.29, 0.717) is 23.8 Å². The van der Waals surface area contributed by atoms with Crippen LogP contribution >= 0.6 is 0 Å². The molecule has 2 aromatic rings. The van der Waals surface area contributed by atoms with Crippen LogP contribution in [-0.2, 0) is 6.54 Å². The van der Waals surface area contributed by atoms with Crippen molar-refractivity contribution in [1.29, 1.82) is 5.26 Å². The smallest absolute Gasteiger partial charge is 0.272 e. The van der Waals surface area contributed by atoms with Crippen molar-refractivity contribution in [3.8, 4) is 6.07 Å². The number of H-pyrrole nitrogens is 1. The Balaban J connectivity index is 1.68. The van der Waals surface area contributed by atoms with Crippen LogP contribution in [0.4, 0.5) is 0 Å². The molecule has 0 spiro atoms. The first-order valence-electron chi connectivity index (χ1n) is 7.50. The summed E-state index contributed by atoms with van der Waals surface area (Å²) in [5, 5.41) is 11.8. The van der Waals surface area contributed by atoms with Gasteiger partial charge in [-0.1, -0.05) is 6.42 Å². The van der Waals surface area contributed by atoms with Crippen LogP contribution in [0, 0.1) is 17.2 Å². The summed E-state index contributed by atoms with van der Waals surface area (Å²) < 4.78 is 1.32. The molecular weight excluding hydrogens is 266 g/mol. The van der Waals surface area contributed by atoms with Crippen LogP contribution in [-0.4, -0.2) is 32.1 Å². The fourth-order valence-corrected chi connectivity index (χ4v) is 3.93. The number of likely N-dealkylation sites (tertiary alicyclic amines) is 1. The Morgan fingerprint density at radius 2 is 2.33 bits per heavy atom. The molecule has 0 amide bonds. The van der Waals surface area contributed by atoms with Crippen molar-refractivity contribution in [2.45, 2.75) is 38.3 Å². The van der Waals surface area contributed by atoms with E-state index in [9.17, 15) is 4.79 Å². The third-order valence-electron chi connectivity index (χ3n) is 4.91. The Morgan fingerprint density at radius 3 is 3.19 bits per heavy atom. The van der Waals surface area contributed by atoms with Crippen LogP contribution in [0.1, 0.15) is 36.9 Å². The minimum atomic E-state index is -0.154. The van der Waals surface area contributed by atoms with Gasteiger partial charge in [-0.05, 0) is 31.7 Å². The summed E-state index contributed by atoms with van der Waals surface area (Å²) in [7, 11) is 0. The summed E-state index contributed by atoms with van der Waals surface area (Å²) in [6, 6.07) is 4.30. The van der Waals surface area contributed by atoms with E-state index < -0.39 is 0 Å². The standard InChI is InChI=1S/C15H17N5O/c16-7-11-8-17-20-14(21)6-12(18-15(11)20)9-19-5-4-10-2-1-3-13(10)19/h6,8,10,13,17H,1-5,9H2. The van der Waals surface area contributed by atoms with E-state index in [1.54, 1.807) is 6.07 Å². The minimum Gasteiger partial charge on any atom is -0.295 e. The van der Waals surface area contributed by atoms with Gasteiger partial charge < -0.3 is 0 Å². The van der Waals surface area contributed by atoms with Gasteiger partial charge in [0.25, 0.3) is 5.56 Å². The van der Waals surface area contributed by atoms with Crippen LogP contribution in [0.2, 0.25) is 0 Å². The number of aromatic nitrogens is 3. The molecule has 6 nitrogen and oxygen atoms in total. The highest BCUT2D eigenvalue weighted by Crippen LogP contribution is 2.38. The SMILES string of the molecule is N#Cc1c[nH]n2c(=O)cc(CN3CCC4CCCC43)nc12. The number of rotatable bonds is 2. The Bertz CT molecular complexity index is 783. The van der Waals surface area contributed by atoms with Gasteiger partial charge in [0.1, 0.15) is 11.6 Å². The van der Waals surface area contributed by atoms with Crippen LogP contribution in [0.5, 0.6) is 0 Å². The fraction of sp³-hybridized carbons (Fsp3) is 0.533. The molecule has 108 valence electrons. The third kappa shape index (κ3) is 1.96. The number of nitrogens with one attached hydrogen (secondary N) is 1. The molecule has 2 aliphatic rings. The number of aromatic amines is 1. The average molecular weight is 283 g/mol. The first-order valence-corrected chi connectivity index (χ1v) is 7.50. The lowest BCUT2D eigenvalue weighted by Crippen LogP contribution is -2.30. The van der Waals surface area contributed by atoms with Gasteiger partial charge in [-0.2, -0.15) is 5.26 Å². The fourth-order valence-electron chi connectivity index (χ4n) is 3.93. The highest BCUT2D eigenvalue weighted by Gasteiger charge is 2.37. The van der Waals surface area contributed by atoms with E-state index in [-0.39, 0.29) is 5.56 Å². The molecule has 6 heteroatoms. The normalized spacial score (nSPS) is 25.3. The van der Waals surface area contributed by atoms with Gasteiger partial charge in [0.15, 0.2) is 5.65 Å². The average Bonchev–Trinajstić information content (AvgIpc) is 3.15. The summed E-state index contributed by atoms with van der Waals surface area (Å²) in [5.74, 6) is 0.830. The lowest BCUT2D eigenvalue weighted by molar-refractivity contribution is 0.230. The quantitative estimate of drug-likeness (QED) is 0.900. The van der Waals surface area contributed by atoms with E-state index in [1.807, 2.05) is 0 Å². The topological polar surface area (TPSA) is 77.2 Å². The molecule has 0 aromatic carbocycles. The van der Waals surface area contributed by atoms with Crippen molar-refractivity contribution in [2.24, 2.45) is 5.92 Å². The molecule has 1 saturated carbocycles. The minimum absolute atomic E-state index is 0.154. The predicted octanol–water partition coefficient (Wildman–Crippen LogP) is 1.27. The molecule has 2 unspecified atom stereocenters. The second-order valence-corrected chi connectivity index (χ2v) is 6.06. The summed E-state index contributed by atoms with van der Waals surface area (Å²) in [4.78, 5) is 19.1. The van der Waals surface area contributed by atoms with Crippen LogP contribution in [0.3, 0.4) is 0 Å². The van der Waals surface area contributed by atoms with Crippen molar-refractivity contribution in [3.63, 3.8) is 0 Å². The van der Waals surface area contributed by atoms with Crippen LogP contribution in [0.25, 0.3) is 5.65 Å². The maximum atomic E-state index is 12.1. The highest BCUT2D eigenvalue weighted by atomic mass is 16.1. The Morgan fingerprint density at radius 1 is 1.43 bits per heavy atom. The number of fused-ring (bicyclic) bond motifs is 2. The molecule has 21 heavy (non-hydrogen) atoms. The van der Waals surface area contributed by atoms with Crippen molar-refractivity contribution in [1.82, 2.24) is 19.5 Å². The van der Waals surface area contributed by atoms with Crippen molar-refractivity contribution >= 4 is 5.65 Å². The van der Waals surface area contributed by atoms with Gasteiger partial charge in [-0.25, -0.2) is 9.50 Å². The molecule has 2 atom stereocenters. The molecule has 0 radical (unpaired) electrons. The van der Waals surface area contributed by atoms with E-state index in [1.165, 1.54) is 36.4 Å².